The highest BCUT2D eigenvalue weighted by atomic mass is 16.5. The van der Waals surface area contributed by atoms with Gasteiger partial charge in [0, 0.05) is 7.11 Å². The van der Waals surface area contributed by atoms with E-state index < -0.39 is 0 Å². The minimum Gasteiger partial charge on any atom is -0.393 e. The number of aliphatic hydroxyl groups is 1. The van der Waals surface area contributed by atoms with Crippen LogP contribution in [0, 0.1) is 11.8 Å². The summed E-state index contributed by atoms with van der Waals surface area (Å²) in [5.41, 5.74) is -0.0935. The number of aliphatic hydroxyl groups excluding tert-OH is 1. The molecule has 1 N–H and O–H groups in total. The van der Waals surface area contributed by atoms with Crippen LogP contribution >= 0.6 is 0 Å². The van der Waals surface area contributed by atoms with Gasteiger partial charge in [0.15, 0.2) is 0 Å². The SMILES string of the molecule is CCC1CCC(C(O)CCC(C)(C)OC)C1. The van der Waals surface area contributed by atoms with Gasteiger partial charge in [-0.15, -0.1) is 0 Å². The number of rotatable bonds is 6. The van der Waals surface area contributed by atoms with Crippen molar-refractivity contribution >= 4 is 0 Å². The Bertz CT molecular complexity index is 201. The van der Waals surface area contributed by atoms with Crippen LogP contribution in [0.5, 0.6) is 0 Å². The second kappa shape index (κ2) is 6.02. The summed E-state index contributed by atoms with van der Waals surface area (Å²) in [5, 5.41) is 10.2. The lowest BCUT2D eigenvalue weighted by molar-refractivity contribution is -0.00397. The van der Waals surface area contributed by atoms with E-state index in [1.807, 2.05) is 0 Å². The van der Waals surface area contributed by atoms with E-state index in [-0.39, 0.29) is 11.7 Å². The molecule has 3 unspecified atom stereocenters. The average molecular weight is 228 g/mol. The Kier molecular flexibility index (Phi) is 5.26. The molecule has 3 atom stereocenters. The molecule has 0 heterocycles. The lowest BCUT2D eigenvalue weighted by Crippen LogP contribution is -2.27. The van der Waals surface area contributed by atoms with Gasteiger partial charge in [0.2, 0.25) is 0 Å². The van der Waals surface area contributed by atoms with Crippen molar-refractivity contribution in [3.63, 3.8) is 0 Å². The van der Waals surface area contributed by atoms with Gasteiger partial charge in [-0.3, -0.25) is 0 Å². The van der Waals surface area contributed by atoms with Gasteiger partial charge in [-0.05, 0) is 51.4 Å². The molecule has 0 spiro atoms. The average Bonchev–Trinajstić information content (AvgIpc) is 2.74. The van der Waals surface area contributed by atoms with E-state index in [2.05, 4.69) is 20.8 Å². The summed E-state index contributed by atoms with van der Waals surface area (Å²) in [6, 6.07) is 0. The lowest BCUT2D eigenvalue weighted by Gasteiger charge is -2.26. The van der Waals surface area contributed by atoms with Gasteiger partial charge in [-0.1, -0.05) is 19.8 Å². The van der Waals surface area contributed by atoms with Crippen molar-refractivity contribution in [1.29, 1.82) is 0 Å². The summed E-state index contributed by atoms with van der Waals surface area (Å²) < 4.78 is 5.38. The van der Waals surface area contributed by atoms with Crippen LogP contribution in [0.2, 0.25) is 0 Å². The molecule has 2 heteroatoms. The van der Waals surface area contributed by atoms with Gasteiger partial charge >= 0.3 is 0 Å². The first-order valence-electron chi connectivity index (χ1n) is 6.71. The molecule has 0 aliphatic heterocycles. The van der Waals surface area contributed by atoms with Crippen LogP contribution in [0.1, 0.15) is 59.3 Å². The summed E-state index contributed by atoms with van der Waals surface area (Å²) >= 11 is 0. The molecule has 16 heavy (non-hydrogen) atoms. The molecular formula is C14H28O2. The Morgan fingerprint density at radius 3 is 2.56 bits per heavy atom. The van der Waals surface area contributed by atoms with Crippen LogP contribution < -0.4 is 0 Å². The number of methoxy groups -OCH3 is 1. The fraction of sp³-hybridized carbons (Fsp3) is 1.00. The van der Waals surface area contributed by atoms with Crippen molar-refractivity contribution in [1.82, 2.24) is 0 Å². The van der Waals surface area contributed by atoms with E-state index in [0.29, 0.717) is 5.92 Å². The second-order valence-electron chi connectivity index (χ2n) is 5.92. The third kappa shape index (κ3) is 4.06. The van der Waals surface area contributed by atoms with E-state index in [1.54, 1.807) is 7.11 Å². The highest BCUT2D eigenvalue weighted by Gasteiger charge is 2.30. The summed E-state index contributed by atoms with van der Waals surface area (Å²) in [4.78, 5) is 0. The van der Waals surface area contributed by atoms with Crippen LogP contribution in [0.25, 0.3) is 0 Å². The van der Waals surface area contributed by atoms with Gasteiger partial charge in [0.05, 0.1) is 11.7 Å². The van der Waals surface area contributed by atoms with Crippen molar-refractivity contribution < 1.29 is 9.84 Å². The van der Waals surface area contributed by atoms with E-state index in [0.717, 1.165) is 18.8 Å². The first-order chi connectivity index (χ1) is 7.48. The molecule has 1 saturated carbocycles. The Labute approximate surface area is 100 Å². The van der Waals surface area contributed by atoms with Crippen LogP contribution in [0.15, 0.2) is 0 Å². The summed E-state index contributed by atoms with van der Waals surface area (Å²) in [7, 11) is 1.75. The van der Waals surface area contributed by atoms with Crippen LogP contribution in [-0.4, -0.2) is 23.9 Å². The molecule has 0 aromatic carbocycles. The smallest absolute Gasteiger partial charge is 0.0623 e. The molecule has 1 aliphatic carbocycles. The Morgan fingerprint density at radius 2 is 2.06 bits per heavy atom. The van der Waals surface area contributed by atoms with Gasteiger partial charge in [-0.2, -0.15) is 0 Å². The van der Waals surface area contributed by atoms with Gasteiger partial charge in [0.1, 0.15) is 0 Å². The normalized spacial score (nSPS) is 28.3. The molecule has 1 aliphatic rings. The zero-order chi connectivity index (χ0) is 12.2. The van der Waals surface area contributed by atoms with Crippen molar-refractivity contribution in [2.75, 3.05) is 7.11 Å². The maximum Gasteiger partial charge on any atom is 0.0623 e. The minimum absolute atomic E-state index is 0.0935. The molecule has 1 fully saturated rings. The standard InChI is InChI=1S/C14H28O2/c1-5-11-6-7-12(10-11)13(15)8-9-14(2,3)16-4/h11-13,15H,5-10H2,1-4H3. The maximum absolute atomic E-state index is 10.2. The first-order valence-corrected chi connectivity index (χ1v) is 6.71. The minimum atomic E-state index is -0.119. The Hall–Kier alpha value is -0.0800. The summed E-state index contributed by atoms with van der Waals surface area (Å²) in [6.07, 6.45) is 6.72. The molecule has 0 aromatic heterocycles. The molecule has 0 aromatic rings. The molecule has 0 radical (unpaired) electrons. The zero-order valence-electron chi connectivity index (χ0n) is 11.3. The van der Waals surface area contributed by atoms with Gasteiger partial charge in [-0.25, -0.2) is 0 Å². The molecule has 0 bridgehead atoms. The summed E-state index contributed by atoms with van der Waals surface area (Å²) in [6.45, 7) is 6.43. The third-order valence-corrected chi connectivity index (χ3v) is 4.30. The van der Waals surface area contributed by atoms with E-state index >= 15 is 0 Å². The number of hydrogen-bond acceptors (Lipinski definition) is 2. The van der Waals surface area contributed by atoms with Crippen molar-refractivity contribution in [2.45, 2.75) is 71.0 Å². The maximum atomic E-state index is 10.2. The molecule has 1 rings (SSSR count). The monoisotopic (exact) mass is 228 g/mol. The molecule has 96 valence electrons. The number of hydrogen-bond donors (Lipinski definition) is 1. The van der Waals surface area contributed by atoms with E-state index in [1.165, 1.54) is 25.7 Å². The zero-order valence-corrected chi connectivity index (χ0v) is 11.3. The van der Waals surface area contributed by atoms with Gasteiger partial charge in [0.25, 0.3) is 0 Å². The topological polar surface area (TPSA) is 29.5 Å². The summed E-state index contributed by atoms with van der Waals surface area (Å²) in [5.74, 6) is 1.40. The molecule has 0 saturated heterocycles. The quantitative estimate of drug-likeness (QED) is 0.755. The predicted molar refractivity (Wildman–Crippen MR) is 67.5 cm³/mol. The van der Waals surface area contributed by atoms with Crippen molar-refractivity contribution in [2.24, 2.45) is 11.8 Å². The van der Waals surface area contributed by atoms with Crippen LogP contribution in [0.3, 0.4) is 0 Å². The Balaban J connectivity index is 2.28. The van der Waals surface area contributed by atoms with Crippen molar-refractivity contribution in [3.05, 3.63) is 0 Å². The highest BCUT2D eigenvalue weighted by Crippen LogP contribution is 2.36. The fourth-order valence-electron chi connectivity index (χ4n) is 2.67. The second-order valence-corrected chi connectivity index (χ2v) is 5.92. The van der Waals surface area contributed by atoms with Gasteiger partial charge < -0.3 is 9.84 Å². The van der Waals surface area contributed by atoms with Crippen molar-refractivity contribution in [3.8, 4) is 0 Å². The molecular weight excluding hydrogens is 200 g/mol. The fourth-order valence-corrected chi connectivity index (χ4v) is 2.67. The number of ether oxygens (including phenoxy) is 1. The Morgan fingerprint density at radius 1 is 1.38 bits per heavy atom. The van der Waals surface area contributed by atoms with Crippen LogP contribution in [-0.2, 0) is 4.74 Å². The molecule has 2 nitrogen and oxygen atoms in total. The largest absolute Gasteiger partial charge is 0.393 e. The van der Waals surface area contributed by atoms with E-state index in [4.69, 9.17) is 4.74 Å². The highest BCUT2D eigenvalue weighted by molar-refractivity contribution is 4.81. The van der Waals surface area contributed by atoms with E-state index in [9.17, 15) is 5.11 Å². The first kappa shape index (κ1) is 14.0. The lowest BCUT2D eigenvalue weighted by atomic mass is 9.91. The predicted octanol–water partition coefficient (Wildman–Crippen LogP) is 3.38. The third-order valence-electron chi connectivity index (χ3n) is 4.30. The molecule has 0 amide bonds. The van der Waals surface area contributed by atoms with Crippen LogP contribution in [0.4, 0.5) is 0 Å².